The van der Waals surface area contributed by atoms with E-state index >= 15 is 0 Å². The first-order valence-corrected chi connectivity index (χ1v) is 6.84. The Kier molecular flexibility index (Phi) is 2.70. The number of ether oxygens (including phenoxy) is 2. The molecule has 1 fully saturated rings. The van der Waals surface area contributed by atoms with Crippen LogP contribution in [0.15, 0.2) is 48.5 Å². The summed E-state index contributed by atoms with van der Waals surface area (Å²) in [5, 5.41) is 2.90. The molecule has 5 nitrogen and oxygen atoms in total. The van der Waals surface area contributed by atoms with Crippen LogP contribution in [0.2, 0.25) is 0 Å². The fourth-order valence-electron chi connectivity index (χ4n) is 2.78. The van der Waals surface area contributed by atoms with E-state index in [2.05, 4.69) is 5.32 Å². The molecule has 0 radical (unpaired) electrons. The molecule has 2 aliphatic rings. The number of carbonyl (C=O) groups excluding carboxylic acids is 1. The first-order valence-electron chi connectivity index (χ1n) is 6.84. The normalized spacial score (nSPS) is 19.7. The van der Waals surface area contributed by atoms with E-state index in [-0.39, 0.29) is 18.9 Å². The highest BCUT2D eigenvalue weighted by Gasteiger charge is 2.33. The number of fused-ring (bicyclic) bond motifs is 1. The lowest BCUT2D eigenvalue weighted by molar-refractivity contribution is 0.174. The molecule has 2 heterocycles. The fraction of sp³-hybridized carbons (Fsp3) is 0.188. The minimum Gasteiger partial charge on any atom is -0.454 e. The number of nitrogens with one attached hydrogen (secondary N) is 1. The summed E-state index contributed by atoms with van der Waals surface area (Å²) in [6.45, 7) is 0.830. The number of hydrogen-bond acceptors (Lipinski definition) is 3. The lowest BCUT2D eigenvalue weighted by atomic mass is 10.1. The van der Waals surface area contributed by atoms with Crippen LogP contribution in [0, 0.1) is 0 Å². The molecule has 2 aromatic rings. The maximum atomic E-state index is 12.2. The number of carbonyl (C=O) groups is 1. The molecule has 2 aliphatic heterocycles. The van der Waals surface area contributed by atoms with Crippen LogP contribution in [0.5, 0.6) is 11.5 Å². The molecule has 0 bridgehead atoms. The third-order valence-electron chi connectivity index (χ3n) is 3.79. The van der Waals surface area contributed by atoms with Crippen molar-refractivity contribution in [2.45, 2.75) is 6.04 Å². The van der Waals surface area contributed by atoms with E-state index in [0.717, 1.165) is 22.7 Å². The third kappa shape index (κ3) is 1.98. The van der Waals surface area contributed by atoms with Crippen LogP contribution in [0.25, 0.3) is 0 Å². The van der Waals surface area contributed by atoms with Crippen molar-refractivity contribution in [3.63, 3.8) is 0 Å². The Morgan fingerprint density at radius 2 is 1.86 bits per heavy atom. The van der Waals surface area contributed by atoms with E-state index < -0.39 is 0 Å². The molecule has 2 aromatic carbocycles. The van der Waals surface area contributed by atoms with Crippen molar-refractivity contribution >= 4 is 11.7 Å². The predicted molar refractivity (Wildman–Crippen MR) is 77.6 cm³/mol. The number of anilines is 1. The van der Waals surface area contributed by atoms with Crippen LogP contribution in [0.3, 0.4) is 0 Å². The molecule has 0 aromatic heterocycles. The molecule has 0 spiro atoms. The van der Waals surface area contributed by atoms with Gasteiger partial charge >= 0.3 is 6.03 Å². The van der Waals surface area contributed by atoms with Gasteiger partial charge < -0.3 is 14.8 Å². The topological polar surface area (TPSA) is 50.8 Å². The van der Waals surface area contributed by atoms with Gasteiger partial charge in [0.1, 0.15) is 0 Å². The Hall–Kier alpha value is -2.69. The van der Waals surface area contributed by atoms with Crippen molar-refractivity contribution in [3.8, 4) is 11.5 Å². The third-order valence-corrected chi connectivity index (χ3v) is 3.79. The highest BCUT2D eigenvalue weighted by molar-refractivity contribution is 5.95. The Morgan fingerprint density at radius 3 is 2.71 bits per heavy atom. The zero-order chi connectivity index (χ0) is 14.2. The van der Waals surface area contributed by atoms with Gasteiger partial charge in [-0.05, 0) is 29.8 Å². The number of benzene rings is 2. The summed E-state index contributed by atoms with van der Waals surface area (Å²) >= 11 is 0. The van der Waals surface area contributed by atoms with Crippen molar-refractivity contribution in [1.82, 2.24) is 5.32 Å². The van der Waals surface area contributed by atoms with E-state index in [1.807, 2.05) is 48.5 Å². The second-order valence-electron chi connectivity index (χ2n) is 5.02. The van der Waals surface area contributed by atoms with Crippen molar-refractivity contribution in [3.05, 3.63) is 54.1 Å². The average Bonchev–Trinajstić information content (AvgIpc) is 3.13. The van der Waals surface area contributed by atoms with Gasteiger partial charge in [0.2, 0.25) is 6.79 Å². The summed E-state index contributed by atoms with van der Waals surface area (Å²) in [7, 11) is 0. The van der Waals surface area contributed by atoms with Gasteiger partial charge in [-0.3, -0.25) is 4.90 Å². The van der Waals surface area contributed by atoms with E-state index in [1.54, 1.807) is 4.90 Å². The van der Waals surface area contributed by atoms with Crippen molar-refractivity contribution in [2.24, 2.45) is 0 Å². The van der Waals surface area contributed by atoms with Crippen molar-refractivity contribution in [1.29, 1.82) is 0 Å². The molecular formula is C16H14N2O3. The van der Waals surface area contributed by atoms with Crippen LogP contribution in [0.4, 0.5) is 10.5 Å². The van der Waals surface area contributed by atoms with Gasteiger partial charge in [0.15, 0.2) is 11.5 Å². The quantitative estimate of drug-likeness (QED) is 0.921. The molecule has 4 rings (SSSR count). The minimum atomic E-state index is -0.0798. The first-order chi connectivity index (χ1) is 10.3. The van der Waals surface area contributed by atoms with Gasteiger partial charge in [-0.1, -0.05) is 24.3 Å². The van der Waals surface area contributed by atoms with Crippen LogP contribution >= 0.6 is 0 Å². The molecule has 5 heteroatoms. The second-order valence-corrected chi connectivity index (χ2v) is 5.02. The molecule has 1 saturated heterocycles. The zero-order valence-electron chi connectivity index (χ0n) is 11.3. The SMILES string of the molecule is O=C1NCC(c2ccc3c(c2)OCO3)N1c1ccccc1. The fourth-order valence-corrected chi connectivity index (χ4v) is 2.78. The molecule has 2 amide bonds. The lowest BCUT2D eigenvalue weighted by Gasteiger charge is -2.23. The summed E-state index contributed by atoms with van der Waals surface area (Å²) in [5.74, 6) is 1.49. The number of rotatable bonds is 2. The lowest BCUT2D eigenvalue weighted by Crippen LogP contribution is -2.29. The van der Waals surface area contributed by atoms with E-state index in [9.17, 15) is 4.79 Å². The largest absolute Gasteiger partial charge is 0.454 e. The average molecular weight is 282 g/mol. The monoisotopic (exact) mass is 282 g/mol. The number of urea groups is 1. The molecule has 21 heavy (non-hydrogen) atoms. The molecule has 1 unspecified atom stereocenters. The second kappa shape index (κ2) is 4.70. The molecular weight excluding hydrogens is 268 g/mol. The maximum absolute atomic E-state index is 12.2. The Morgan fingerprint density at radius 1 is 1.05 bits per heavy atom. The van der Waals surface area contributed by atoms with Gasteiger partial charge in [-0.15, -0.1) is 0 Å². The van der Waals surface area contributed by atoms with E-state index in [4.69, 9.17) is 9.47 Å². The molecule has 0 aliphatic carbocycles. The highest BCUT2D eigenvalue weighted by atomic mass is 16.7. The summed E-state index contributed by atoms with van der Waals surface area (Å²) in [5.41, 5.74) is 1.91. The van der Waals surface area contributed by atoms with E-state index in [0.29, 0.717) is 6.54 Å². The van der Waals surface area contributed by atoms with E-state index in [1.165, 1.54) is 0 Å². The zero-order valence-corrected chi connectivity index (χ0v) is 11.3. The Bertz CT molecular complexity index is 687. The summed E-state index contributed by atoms with van der Waals surface area (Å²) in [4.78, 5) is 13.9. The van der Waals surface area contributed by atoms with Crippen LogP contribution in [0.1, 0.15) is 11.6 Å². The maximum Gasteiger partial charge on any atom is 0.322 e. The summed E-state index contributed by atoms with van der Waals surface area (Å²) < 4.78 is 10.8. The Balaban J connectivity index is 1.72. The summed E-state index contributed by atoms with van der Waals surface area (Å²) in [6.07, 6.45) is 0. The van der Waals surface area contributed by atoms with Crippen molar-refractivity contribution < 1.29 is 14.3 Å². The number of para-hydroxylation sites is 1. The number of nitrogens with zero attached hydrogens (tertiary/aromatic N) is 1. The molecule has 1 atom stereocenters. The van der Waals surface area contributed by atoms with Crippen molar-refractivity contribution in [2.75, 3.05) is 18.2 Å². The highest BCUT2D eigenvalue weighted by Crippen LogP contribution is 2.37. The molecule has 1 N–H and O–H groups in total. The predicted octanol–water partition coefficient (Wildman–Crippen LogP) is 2.69. The van der Waals surface area contributed by atoms with Gasteiger partial charge in [-0.2, -0.15) is 0 Å². The minimum absolute atomic E-state index is 0.0469. The van der Waals surface area contributed by atoms with Gasteiger partial charge in [0, 0.05) is 12.2 Å². The van der Waals surface area contributed by atoms with Crippen LogP contribution < -0.4 is 19.7 Å². The Labute approximate surface area is 122 Å². The summed E-state index contributed by atoms with van der Waals surface area (Å²) in [6, 6.07) is 15.4. The van der Waals surface area contributed by atoms with Crippen LogP contribution in [-0.4, -0.2) is 19.4 Å². The number of hydrogen-bond donors (Lipinski definition) is 1. The van der Waals surface area contributed by atoms with Gasteiger partial charge in [0.25, 0.3) is 0 Å². The smallest absolute Gasteiger partial charge is 0.322 e. The number of amides is 2. The first kappa shape index (κ1) is 12.1. The van der Waals surface area contributed by atoms with Gasteiger partial charge in [-0.25, -0.2) is 4.79 Å². The van der Waals surface area contributed by atoms with Crippen LogP contribution in [-0.2, 0) is 0 Å². The molecule has 106 valence electrons. The standard InChI is InChI=1S/C16H14N2O3/c19-16-17-9-13(18(16)12-4-2-1-3-5-12)11-6-7-14-15(8-11)21-10-20-14/h1-8,13H,9-10H2,(H,17,19). The molecule has 0 saturated carbocycles. The van der Waals surface area contributed by atoms with Gasteiger partial charge in [0.05, 0.1) is 6.04 Å².